The Morgan fingerprint density at radius 2 is 1.83 bits per heavy atom. The van der Waals surface area contributed by atoms with Gasteiger partial charge in [0.1, 0.15) is 11.6 Å². The first-order valence-electron chi connectivity index (χ1n) is 8.90. The molecule has 0 amide bonds. The van der Waals surface area contributed by atoms with E-state index in [2.05, 4.69) is 36.7 Å². The minimum Gasteiger partial charge on any atom is -0.350 e. The molecule has 0 saturated carbocycles. The van der Waals surface area contributed by atoms with Crippen molar-refractivity contribution >= 4 is 46.4 Å². The van der Waals surface area contributed by atoms with Gasteiger partial charge in [0.25, 0.3) is 0 Å². The number of halogens is 4. The van der Waals surface area contributed by atoms with E-state index in [0.717, 1.165) is 0 Å². The number of aromatic nitrogens is 4. The van der Waals surface area contributed by atoms with Crippen LogP contribution in [0.25, 0.3) is 11.3 Å². The van der Waals surface area contributed by atoms with Crippen LogP contribution >= 0.6 is 34.8 Å². The van der Waals surface area contributed by atoms with Crippen molar-refractivity contribution < 1.29 is 4.39 Å². The third-order valence-electron chi connectivity index (χ3n) is 4.76. The van der Waals surface area contributed by atoms with Gasteiger partial charge >= 0.3 is 0 Å². The third-order valence-corrected chi connectivity index (χ3v) is 5.48. The van der Waals surface area contributed by atoms with E-state index in [4.69, 9.17) is 34.8 Å². The Bertz CT molecular complexity index is 1050. The van der Waals surface area contributed by atoms with Crippen molar-refractivity contribution in [1.82, 2.24) is 19.9 Å². The molecular weight excluding hydrogens is 438 g/mol. The van der Waals surface area contributed by atoms with E-state index in [9.17, 15) is 4.39 Å². The summed E-state index contributed by atoms with van der Waals surface area (Å²) in [5.74, 6) is 0.879. The first kappa shape index (κ1) is 20.1. The lowest BCUT2D eigenvalue weighted by molar-refractivity contribution is 0.542. The van der Waals surface area contributed by atoms with Gasteiger partial charge < -0.3 is 9.80 Å². The summed E-state index contributed by atoms with van der Waals surface area (Å²) in [6.07, 6.45) is 3.19. The summed E-state index contributed by atoms with van der Waals surface area (Å²) < 4.78 is 13.5. The summed E-state index contributed by atoms with van der Waals surface area (Å²) >= 11 is 18.3. The van der Waals surface area contributed by atoms with Crippen LogP contribution in [0.5, 0.6) is 0 Å². The van der Waals surface area contributed by atoms with E-state index in [1.165, 1.54) is 12.1 Å². The number of hydrogen-bond donors (Lipinski definition) is 0. The first-order chi connectivity index (χ1) is 13.9. The van der Waals surface area contributed by atoms with E-state index < -0.39 is 5.82 Å². The van der Waals surface area contributed by atoms with Crippen LogP contribution in [0.4, 0.5) is 16.0 Å². The van der Waals surface area contributed by atoms with E-state index >= 15 is 0 Å². The van der Waals surface area contributed by atoms with Crippen LogP contribution in [0.3, 0.4) is 0 Å². The summed E-state index contributed by atoms with van der Waals surface area (Å²) in [4.78, 5) is 21.3. The quantitative estimate of drug-likeness (QED) is 0.534. The molecule has 1 fully saturated rings. The highest BCUT2D eigenvalue weighted by Gasteiger charge is 2.27. The number of benzene rings is 1. The predicted octanol–water partition coefficient (Wildman–Crippen LogP) is 4.75. The van der Waals surface area contributed by atoms with Gasteiger partial charge in [-0.2, -0.15) is 0 Å². The van der Waals surface area contributed by atoms with E-state index in [-0.39, 0.29) is 16.3 Å². The second kappa shape index (κ2) is 8.26. The van der Waals surface area contributed by atoms with Gasteiger partial charge in [0, 0.05) is 49.7 Å². The molecule has 1 atom stereocenters. The van der Waals surface area contributed by atoms with Gasteiger partial charge in [0.15, 0.2) is 11.0 Å². The molecule has 0 bridgehead atoms. The SMILES string of the molecule is C[C@@H]1CN(c2nccnc2Cl)CCN1c1cc(-c2ccc(F)c(Cl)c2)nc(Cl)n1. The van der Waals surface area contributed by atoms with E-state index in [1.54, 1.807) is 18.5 Å². The molecule has 2 aromatic heterocycles. The Hall–Kier alpha value is -2.22. The fourth-order valence-corrected chi connectivity index (χ4v) is 3.96. The Labute approximate surface area is 182 Å². The average molecular weight is 454 g/mol. The zero-order chi connectivity index (χ0) is 20.5. The van der Waals surface area contributed by atoms with Crippen molar-refractivity contribution in [2.24, 2.45) is 0 Å². The smallest absolute Gasteiger partial charge is 0.224 e. The molecule has 0 N–H and O–H groups in total. The van der Waals surface area contributed by atoms with E-state index in [1.807, 2.05) is 6.07 Å². The Kier molecular flexibility index (Phi) is 5.72. The lowest BCUT2D eigenvalue weighted by atomic mass is 10.1. The zero-order valence-electron chi connectivity index (χ0n) is 15.4. The molecule has 3 heterocycles. The molecule has 1 aliphatic rings. The van der Waals surface area contributed by atoms with Crippen molar-refractivity contribution in [1.29, 1.82) is 0 Å². The van der Waals surface area contributed by atoms with Gasteiger partial charge in [-0.1, -0.05) is 23.2 Å². The van der Waals surface area contributed by atoms with Gasteiger partial charge in [-0.25, -0.2) is 24.3 Å². The van der Waals surface area contributed by atoms with Crippen LogP contribution in [0.2, 0.25) is 15.5 Å². The maximum absolute atomic E-state index is 13.5. The number of hydrogen-bond acceptors (Lipinski definition) is 6. The van der Waals surface area contributed by atoms with Crippen LogP contribution < -0.4 is 9.80 Å². The zero-order valence-corrected chi connectivity index (χ0v) is 17.6. The number of anilines is 2. The van der Waals surface area contributed by atoms with Gasteiger partial charge in [-0.15, -0.1) is 0 Å². The van der Waals surface area contributed by atoms with Crippen molar-refractivity contribution in [2.75, 3.05) is 29.4 Å². The molecule has 0 aliphatic carbocycles. The first-order valence-corrected chi connectivity index (χ1v) is 10.0. The normalized spacial score (nSPS) is 16.9. The minimum absolute atomic E-state index is 0.0293. The monoisotopic (exact) mass is 452 g/mol. The molecule has 150 valence electrons. The van der Waals surface area contributed by atoms with Crippen LogP contribution in [0.1, 0.15) is 6.92 Å². The summed E-state index contributed by atoms with van der Waals surface area (Å²) in [5.41, 5.74) is 1.24. The Morgan fingerprint density at radius 3 is 2.55 bits per heavy atom. The van der Waals surface area contributed by atoms with Crippen molar-refractivity contribution in [3.8, 4) is 11.3 Å². The second-order valence-corrected chi connectivity index (χ2v) is 7.77. The maximum atomic E-state index is 13.5. The fourth-order valence-electron chi connectivity index (χ4n) is 3.37. The van der Waals surface area contributed by atoms with Crippen molar-refractivity contribution in [2.45, 2.75) is 13.0 Å². The van der Waals surface area contributed by atoms with Crippen molar-refractivity contribution in [3.63, 3.8) is 0 Å². The van der Waals surface area contributed by atoms with Crippen molar-refractivity contribution in [3.05, 3.63) is 57.9 Å². The summed E-state index contributed by atoms with van der Waals surface area (Å²) in [7, 11) is 0. The number of piperazine rings is 1. The summed E-state index contributed by atoms with van der Waals surface area (Å²) in [6.45, 7) is 4.16. The molecule has 3 aromatic rings. The highest BCUT2D eigenvalue weighted by atomic mass is 35.5. The molecule has 6 nitrogen and oxygen atoms in total. The highest BCUT2D eigenvalue weighted by molar-refractivity contribution is 6.31. The average Bonchev–Trinajstić information content (AvgIpc) is 2.70. The van der Waals surface area contributed by atoms with Gasteiger partial charge in [0.2, 0.25) is 5.28 Å². The number of rotatable bonds is 3. The van der Waals surface area contributed by atoms with Gasteiger partial charge in [-0.05, 0) is 36.7 Å². The third kappa shape index (κ3) is 4.22. The molecule has 1 saturated heterocycles. The highest BCUT2D eigenvalue weighted by Crippen LogP contribution is 2.30. The molecule has 1 aromatic carbocycles. The fraction of sp³-hybridized carbons (Fsp3) is 0.263. The lowest BCUT2D eigenvalue weighted by Crippen LogP contribution is -2.52. The molecule has 10 heteroatoms. The molecule has 4 rings (SSSR count). The molecule has 0 spiro atoms. The van der Waals surface area contributed by atoms with Crippen LogP contribution in [0.15, 0.2) is 36.7 Å². The van der Waals surface area contributed by atoms with Gasteiger partial charge in [-0.3, -0.25) is 0 Å². The van der Waals surface area contributed by atoms with Crippen LogP contribution in [0, 0.1) is 5.82 Å². The summed E-state index contributed by atoms with van der Waals surface area (Å²) in [5, 5.41) is 0.528. The lowest BCUT2D eigenvalue weighted by Gasteiger charge is -2.41. The molecular formula is C19H16Cl3FN6. The van der Waals surface area contributed by atoms with E-state index in [0.29, 0.717) is 47.7 Å². The maximum Gasteiger partial charge on any atom is 0.224 e. The number of nitrogens with zero attached hydrogens (tertiary/aromatic N) is 6. The topological polar surface area (TPSA) is 58.0 Å². The standard InChI is InChI=1S/C19H16Cl3FN6/c1-11-10-28(18-17(21)24-4-5-25-18)6-7-29(11)16-9-15(26-19(22)27-16)12-2-3-14(23)13(20)8-12/h2-5,8-9,11H,6-7,10H2,1H3/t11-/m1/s1. The van der Waals surface area contributed by atoms with Crippen LogP contribution in [-0.2, 0) is 0 Å². The largest absolute Gasteiger partial charge is 0.350 e. The minimum atomic E-state index is -0.483. The predicted molar refractivity (Wildman–Crippen MR) is 114 cm³/mol. The molecule has 0 radical (unpaired) electrons. The molecule has 1 aliphatic heterocycles. The Morgan fingerprint density at radius 1 is 1.03 bits per heavy atom. The summed E-state index contributed by atoms with van der Waals surface area (Å²) in [6, 6.07) is 6.38. The second-order valence-electron chi connectivity index (χ2n) is 6.67. The van der Waals surface area contributed by atoms with Gasteiger partial charge in [0.05, 0.1) is 10.7 Å². The molecule has 29 heavy (non-hydrogen) atoms. The van der Waals surface area contributed by atoms with Crippen LogP contribution in [-0.4, -0.2) is 45.6 Å². The Balaban J connectivity index is 1.60. The molecule has 0 unspecified atom stereocenters.